The molecule has 0 radical (unpaired) electrons. The van der Waals surface area contributed by atoms with Gasteiger partial charge in [-0.3, -0.25) is 20.2 Å². The Balaban J connectivity index is 0.00000289. The number of aliphatic hydroxyl groups is 2. The number of non-ortho nitro benzene ring substituents is 1. The minimum Gasteiger partial charge on any atom is -1.00 e. The second kappa shape index (κ2) is 9.14. The van der Waals surface area contributed by atoms with Crippen molar-refractivity contribution in [3.63, 3.8) is 0 Å². The molecule has 2 unspecified atom stereocenters. The van der Waals surface area contributed by atoms with Crippen LogP contribution < -0.4 is 26.8 Å². The Bertz CT molecular complexity index is 1130. The van der Waals surface area contributed by atoms with Gasteiger partial charge < -0.3 is 32.4 Å². The van der Waals surface area contributed by atoms with Crippen molar-refractivity contribution in [3.8, 4) is 5.69 Å². The van der Waals surface area contributed by atoms with Gasteiger partial charge in [-0.1, -0.05) is 18.2 Å². The van der Waals surface area contributed by atoms with Crippen molar-refractivity contribution < 1.29 is 37.0 Å². The molecule has 1 aromatic heterocycles. The number of halogens is 1. The molecule has 4 rings (SSSR count). The topological polar surface area (TPSA) is 137 Å². The highest BCUT2D eigenvalue weighted by atomic mass is 35.5. The van der Waals surface area contributed by atoms with E-state index in [2.05, 4.69) is 0 Å². The molecule has 3 aromatic rings. The molecule has 2 aromatic carbocycles. The van der Waals surface area contributed by atoms with Crippen LogP contribution in [0.1, 0.15) is 0 Å². The van der Waals surface area contributed by atoms with Gasteiger partial charge in [0.15, 0.2) is 12.4 Å². The summed E-state index contributed by atoms with van der Waals surface area (Å²) in [6, 6.07) is 15.7. The number of nitro benzene ring substituents is 2. The van der Waals surface area contributed by atoms with Crippen LogP contribution in [0.5, 0.6) is 0 Å². The molecule has 12 heteroatoms. The molecule has 1 aliphatic rings. The van der Waals surface area contributed by atoms with E-state index in [4.69, 9.17) is 0 Å². The molecular formula is C20H18ClN5O6. The number of nitro groups is 2. The van der Waals surface area contributed by atoms with E-state index in [1.807, 2.05) is 30.3 Å². The molecule has 0 aliphatic carbocycles. The number of aromatic nitrogens is 1. The fraction of sp³-hybridized carbons (Fsp3) is 0.150. The zero-order valence-electron chi connectivity index (χ0n) is 16.4. The van der Waals surface area contributed by atoms with E-state index in [0.717, 1.165) is 11.8 Å². The van der Waals surface area contributed by atoms with E-state index in [0.29, 0.717) is 5.69 Å². The summed E-state index contributed by atoms with van der Waals surface area (Å²) in [5, 5.41) is 43.6. The Kier molecular flexibility index (Phi) is 6.53. The highest BCUT2D eigenvalue weighted by molar-refractivity contribution is 5.56. The van der Waals surface area contributed by atoms with Crippen LogP contribution >= 0.6 is 0 Å². The molecule has 1 saturated heterocycles. The molecule has 2 heterocycles. The first kappa shape index (κ1) is 22.9. The Morgan fingerprint density at radius 2 is 1.56 bits per heavy atom. The summed E-state index contributed by atoms with van der Waals surface area (Å²) in [6.45, 7) is 0.188. The standard InChI is InChI=1S/C20H18N5O6.ClH/c26-19-13-22(14-4-2-1-3-5-14)20(27)23(19)15-8-10-21(11-9-15)17-7-6-16(24(28)29)12-18(17)25(30)31;/h1-12,19-20,26-27H,13H2;1H/q+1;/p-1. The fourth-order valence-electron chi connectivity index (χ4n) is 3.57. The molecule has 1 aliphatic heterocycles. The number of hydrogen-bond acceptors (Lipinski definition) is 8. The van der Waals surface area contributed by atoms with Gasteiger partial charge in [0.1, 0.15) is 12.3 Å². The maximum absolute atomic E-state index is 11.4. The fourth-order valence-corrected chi connectivity index (χ4v) is 3.57. The summed E-state index contributed by atoms with van der Waals surface area (Å²) in [5.74, 6) is 0. The molecule has 1 fully saturated rings. The first-order chi connectivity index (χ1) is 14.9. The third kappa shape index (κ3) is 4.17. The normalized spacial score (nSPS) is 17.7. The quantitative estimate of drug-likeness (QED) is 0.273. The van der Waals surface area contributed by atoms with Crippen molar-refractivity contribution in [2.45, 2.75) is 12.6 Å². The smallest absolute Gasteiger partial charge is 0.347 e. The van der Waals surface area contributed by atoms with Gasteiger partial charge in [0.2, 0.25) is 6.35 Å². The second-order valence-corrected chi connectivity index (χ2v) is 6.87. The Hall–Kier alpha value is -3.80. The van der Waals surface area contributed by atoms with Crippen LogP contribution in [0.25, 0.3) is 5.69 Å². The van der Waals surface area contributed by atoms with Crippen LogP contribution in [0.2, 0.25) is 0 Å². The van der Waals surface area contributed by atoms with Crippen LogP contribution in [0.3, 0.4) is 0 Å². The highest BCUT2D eigenvalue weighted by Gasteiger charge is 2.38. The SMILES string of the molecule is O=[N+]([O-])c1ccc(-[n+]2ccc(N3C(O)CN(c4ccccc4)C3O)cc2)c([N+](=O)[O-])c1.[Cl-]. The Morgan fingerprint density at radius 3 is 2.16 bits per heavy atom. The summed E-state index contributed by atoms with van der Waals surface area (Å²) in [4.78, 5) is 24.0. The van der Waals surface area contributed by atoms with E-state index < -0.39 is 28.1 Å². The molecule has 2 N–H and O–H groups in total. The molecule has 166 valence electrons. The third-order valence-corrected chi connectivity index (χ3v) is 5.05. The van der Waals surface area contributed by atoms with Gasteiger partial charge in [-0.25, -0.2) is 0 Å². The van der Waals surface area contributed by atoms with Crippen LogP contribution in [0.15, 0.2) is 73.1 Å². The number of aliphatic hydroxyl groups excluding tert-OH is 2. The number of pyridine rings is 1. The van der Waals surface area contributed by atoms with Crippen molar-refractivity contribution in [1.82, 2.24) is 0 Å². The maximum atomic E-state index is 11.4. The predicted octanol–water partition coefficient (Wildman–Crippen LogP) is -1.30. The first-order valence-corrected chi connectivity index (χ1v) is 9.27. The van der Waals surface area contributed by atoms with E-state index in [-0.39, 0.29) is 30.3 Å². The molecule has 2 atom stereocenters. The van der Waals surface area contributed by atoms with Crippen LogP contribution in [-0.2, 0) is 0 Å². The maximum Gasteiger partial charge on any atom is 0.347 e. The summed E-state index contributed by atoms with van der Waals surface area (Å²) in [7, 11) is 0. The average Bonchev–Trinajstić information content (AvgIpc) is 3.08. The Morgan fingerprint density at radius 1 is 0.906 bits per heavy atom. The number of β-amino-alcohol motifs (C(OH)–C–C–N with tert-alkyl or cyclic N) is 1. The van der Waals surface area contributed by atoms with Crippen molar-refractivity contribution in [2.24, 2.45) is 0 Å². The van der Waals surface area contributed by atoms with E-state index >= 15 is 0 Å². The molecule has 0 bridgehead atoms. The molecule has 0 spiro atoms. The lowest BCUT2D eigenvalue weighted by Crippen LogP contribution is -3.00. The lowest BCUT2D eigenvalue weighted by Gasteiger charge is -2.28. The summed E-state index contributed by atoms with van der Waals surface area (Å²) in [5.41, 5.74) is 0.610. The average molecular weight is 460 g/mol. The Labute approximate surface area is 188 Å². The zero-order chi connectivity index (χ0) is 22.1. The number of para-hydroxylation sites is 1. The third-order valence-electron chi connectivity index (χ3n) is 5.05. The summed E-state index contributed by atoms with van der Waals surface area (Å²) >= 11 is 0. The molecular weight excluding hydrogens is 442 g/mol. The minimum absolute atomic E-state index is 0. The van der Waals surface area contributed by atoms with E-state index in [9.17, 15) is 30.4 Å². The molecule has 32 heavy (non-hydrogen) atoms. The number of benzene rings is 2. The second-order valence-electron chi connectivity index (χ2n) is 6.87. The van der Waals surface area contributed by atoms with Gasteiger partial charge in [-0.15, -0.1) is 0 Å². The number of rotatable bonds is 5. The lowest BCUT2D eigenvalue weighted by molar-refractivity contribution is -0.600. The summed E-state index contributed by atoms with van der Waals surface area (Å²) in [6.07, 6.45) is 0.962. The van der Waals surface area contributed by atoms with Gasteiger partial charge in [0, 0.05) is 30.0 Å². The van der Waals surface area contributed by atoms with Gasteiger partial charge in [-0.05, 0) is 12.1 Å². The van der Waals surface area contributed by atoms with Gasteiger partial charge in [0.05, 0.1) is 22.1 Å². The van der Waals surface area contributed by atoms with Gasteiger partial charge in [0.25, 0.3) is 11.4 Å². The van der Waals surface area contributed by atoms with E-state index in [1.165, 1.54) is 34.0 Å². The van der Waals surface area contributed by atoms with Crippen LogP contribution in [0, 0.1) is 20.2 Å². The number of nitrogens with zero attached hydrogens (tertiary/aromatic N) is 5. The molecule has 11 nitrogen and oxygen atoms in total. The summed E-state index contributed by atoms with van der Waals surface area (Å²) < 4.78 is 1.44. The van der Waals surface area contributed by atoms with Gasteiger partial charge >= 0.3 is 5.69 Å². The van der Waals surface area contributed by atoms with Crippen LogP contribution in [0.4, 0.5) is 22.7 Å². The zero-order valence-corrected chi connectivity index (χ0v) is 17.2. The van der Waals surface area contributed by atoms with Crippen molar-refractivity contribution in [1.29, 1.82) is 0 Å². The minimum atomic E-state index is -1.11. The largest absolute Gasteiger partial charge is 1.00 e. The highest BCUT2D eigenvalue weighted by Crippen LogP contribution is 2.30. The number of anilines is 2. The monoisotopic (exact) mass is 459 g/mol. The van der Waals surface area contributed by atoms with Crippen LogP contribution in [-0.4, -0.2) is 39.2 Å². The molecule has 0 amide bonds. The van der Waals surface area contributed by atoms with Gasteiger partial charge in [-0.2, -0.15) is 4.57 Å². The van der Waals surface area contributed by atoms with Crippen molar-refractivity contribution in [2.75, 3.05) is 16.3 Å². The van der Waals surface area contributed by atoms with Crippen molar-refractivity contribution >= 4 is 22.7 Å². The van der Waals surface area contributed by atoms with Crippen molar-refractivity contribution in [3.05, 3.63) is 93.3 Å². The number of hydrogen-bond donors (Lipinski definition) is 2. The predicted molar refractivity (Wildman–Crippen MR) is 110 cm³/mol. The van der Waals surface area contributed by atoms with E-state index in [1.54, 1.807) is 17.0 Å². The first-order valence-electron chi connectivity index (χ1n) is 9.27. The molecule has 0 saturated carbocycles. The lowest BCUT2D eigenvalue weighted by atomic mass is 10.2.